The molecule has 0 aromatic rings. The highest BCUT2D eigenvalue weighted by atomic mass is 19.4. The lowest BCUT2D eigenvalue weighted by atomic mass is 9.75. The van der Waals surface area contributed by atoms with Crippen LogP contribution in [-0.2, 0) is 0 Å². The first kappa shape index (κ1) is 16.1. The van der Waals surface area contributed by atoms with E-state index in [1.807, 2.05) is 34.6 Å². The lowest BCUT2D eigenvalue weighted by Crippen LogP contribution is -2.32. The SMILES string of the molecule is CC(C)(CC1CC1(F)C(C)(C)C)CC1(C(F)(F)F)CC1. The molecule has 2 aliphatic rings. The van der Waals surface area contributed by atoms with Gasteiger partial charge in [-0.05, 0) is 48.9 Å². The van der Waals surface area contributed by atoms with Crippen LogP contribution in [0, 0.1) is 22.2 Å². The Balaban J connectivity index is 1.97. The summed E-state index contributed by atoms with van der Waals surface area (Å²) in [7, 11) is 0. The third-order valence-electron chi connectivity index (χ3n) is 5.35. The molecular formula is C16H26F4. The molecule has 2 saturated carbocycles. The van der Waals surface area contributed by atoms with Gasteiger partial charge >= 0.3 is 6.18 Å². The van der Waals surface area contributed by atoms with E-state index in [9.17, 15) is 17.6 Å². The van der Waals surface area contributed by atoms with Crippen LogP contribution in [0.3, 0.4) is 0 Å². The second-order valence-electron chi connectivity index (χ2n) is 8.84. The monoisotopic (exact) mass is 294 g/mol. The summed E-state index contributed by atoms with van der Waals surface area (Å²) in [5.74, 6) is -0.0819. The quantitative estimate of drug-likeness (QED) is 0.565. The third kappa shape index (κ3) is 2.71. The number of hydrogen-bond acceptors (Lipinski definition) is 0. The van der Waals surface area contributed by atoms with Gasteiger partial charge in [-0.25, -0.2) is 4.39 Å². The van der Waals surface area contributed by atoms with Crippen molar-refractivity contribution in [3.8, 4) is 0 Å². The topological polar surface area (TPSA) is 0 Å². The van der Waals surface area contributed by atoms with Crippen molar-refractivity contribution >= 4 is 0 Å². The summed E-state index contributed by atoms with van der Waals surface area (Å²) >= 11 is 0. The van der Waals surface area contributed by atoms with E-state index in [1.165, 1.54) is 0 Å². The van der Waals surface area contributed by atoms with Crippen LogP contribution in [0.5, 0.6) is 0 Å². The maximum absolute atomic E-state index is 14.7. The highest BCUT2D eigenvalue weighted by Crippen LogP contribution is 2.66. The molecule has 0 heterocycles. The Morgan fingerprint density at radius 1 is 1.00 bits per heavy atom. The molecule has 0 amide bonds. The predicted molar refractivity (Wildman–Crippen MR) is 72.1 cm³/mol. The summed E-state index contributed by atoms with van der Waals surface area (Å²) in [5, 5.41) is 0. The van der Waals surface area contributed by atoms with E-state index in [1.54, 1.807) is 0 Å². The number of halogens is 4. The van der Waals surface area contributed by atoms with Gasteiger partial charge in [0.2, 0.25) is 0 Å². The van der Waals surface area contributed by atoms with E-state index in [0.29, 0.717) is 12.8 Å². The summed E-state index contributed by atoms with van der Waals surface area (Å²) in [6.07, 6.45) is -2.43. The normalized spacial score (nSPS) is 33.1. The van der Waals surface area contributed by atoms with Gasteiger partial charge in [-0.1, -0.05) is 34.6 Å². The van der Waals surface area contributed by atoms with Gasteiger partial charge in [0.05, 0.1) is 5.41 Å². The molecule has 2 aliphatic carbocycles. The molecule has 0 nitrogen and oxygen atoms in total. The third-order valence-corrected chi connectivity index (χ3v) is 5.35. The van der Waals surface area contributed by atoms with E-state index in [4.69, 9.17) is 0 Å². The first-order valence-electron chi connectivity index (χ1n) is 7.48. The van der Waals surface area contributed by atoms with Crippen molar-refractivity contribution in [3.05, 3.63) is 0 Å². The molecule has 0 spiro atoms. The Morgan fingerprint density at radius 3 is 1.80 bits per heavy atom. The number of rotatable bonds is 4. The van der Waals surface area contributed by atoms with Crippen molar-refractivity contribution in [2.45, 2.75) is 78.6 Å². The van der Waals surface area contributed by atoms with Gasteiger partial charge in [-0.3, -0.25) is 0 Å². The fourth-order valence-electron chi connectivity index (χ4n) is 3.82. The summed E-state index contributed by atoms with van der Waals surface area (Å²) < 4.78 is 53.8. The molecular weight excluding hydrogens is 268 g/mol. The van der Waals surface area contributed by atoms with Crippen molar-refractivity contribution in [1.82, 2.24) is 0 Å². The van der Waals surface area contributed by atoms with Crippen molar-refractivity contribution in [2.24, 2.45) is 22.2 Å². The Bertz CT molecular complexity index is 384. The smallest absolute Gasteiger partial charge is 0.243 e. The molecule has 2 rings (SSSR count). The zero-order valence-corrected chi connectivity index (χ0v) is 13.1. The predicted octanol–water partition coefficient (Wildman–Crippen LogP) is 5.91. The van der Waals surface area contributed by atoms with Crippen LogP contribution in [0.1, 0.15) is 66.7 Å². The van der Waals surface area contributed by atoms with Gasteiger partial charge in [0.25, 0.3) is 0 Å². The van der Waals surface area contributed by atoms with Crippen molar-refractivity contribution in [3.63, 3.8) is 0 Å². The Labute approximate surface area is 119 Å². The lowest BCUT2D eigenvalue weighted by Gasteiger charge is -2.33. The molecule has 2 atom stereocenters. The van der Waals surface area contributed by atoms with E-state index in [-0.39, 0.29) is 25.2 Å². The van der Waals surface area contributed by atoms with Crippen LogP contribution in [-0.4, -0.2) is 11.8 Å². The fourth-order valence-corrected chi connectivity index (χ4v) is 3.82. The molecule has 0 radical (unpaired) electrons. The van der Waals surface area contributed by atoms with Crippen molar-refractivity contribution in [1.29, 1.82) is 0 Å². The second kappa shape index (κ2) is 4.13. The lowest BCUT2D eigenvalue weighted by molar-refractivity contribution is -0.195. The molecule has 0 N–H and O–H groups in total. The summed E-state index contributed by atoms with van der Waals surface area (Å²) in [5.41, 5.74) is -3.55. The van der Waals surface area contributed by atoms with Crippen molar-refractivity contribution < 1.29 is 17.6 Å². The van der Waals surface area contributed by atoms with Gasteiger partial charge < -0.3 is 0 Å². The highest BCUT2D eigenvalue weighted by Gasteiger charge is 2.66. The van der Waals surface area contributed by atoms with Crippen LogP contribution in [0.4, 0.5) is 17.6 Å². The van der Waals surface area contributed by atoms with Crippen LogP contribution in [0.15, 0.2) is 0 Å². The minimum atomic E-state index is -4.11. The van der Waals surface area contributed by atoms with Crippen LogP contribution in [0.2, 0.25) is 0 Å². The Hall–Kier alpha value is -0.280. The van der Waals surface area contributed by atoms with Crippen LogP contribution < -0.4 is 0 Å². The van der Waals surface area contributed by atoms with Crippen LogP contribution in [0.25, 0.3) is 0 Å². The molecule has 0 aliphatic heterocycles. The number of hydrogen-bond donors (Lipinski definition) is 0. The maximum Gasteiger partial charge on any atom is 0.394 e. The molecule has 0 aromatic heterocycles. The Morgan fingerprint density at radius 2 is 1.50 bits per heavy atom. The molecule has 4 heteroatoms. The number of alkyl halides is 4. The largest absolute Gasteiger partial charge is 0.394 e. The molecule has 0 bridgehead atoms. The maximum atomic E-state index is 14.7. The molecule has 0 aromatic carbocycles. The van der Waals surface area contributed by atoms with Gasteiger partial charge in [0.15, 0.2) is 0 Å². The van der Waals surface area contributed by atoms with Crippen molar-refractivity contribution in [2.75, 3.05) is 0 Å². The summed E-state index contributed by atoms with van der Waals surface area (Å²) in [6.45, 7) is 9.34. The van der Waals surface area contributed by atoms with Gasteiger partial charge in [0, 0.05) is 0 Å². The fraction of sp³-hybridized carbons (Fsp3) is 1.00. The van der Waals surface area contributed by atoms with E-state index < -0.39 is 28.1 Å². The zero-order chi connectivity index (χ0) is 15.6. The van der Waals surface area contributed by atoms with E-state index >= 15 is 0 Å². The van der Waals surface area contributed by atoms with Gasteiger partial charge in [-0.15, -0.1) is 0 Å². The van der Waals surface area contributed by atoms with E-state index in [0.717, 1.165) is 0 Å². The van der Waals surface area contributed by atoms with Crippen LogP contribution >= 0.6 is 0 Å². The molecule has 2 fully saturated rings. The average molecular weight is 294 g/mol. The van der Waals surface area contributed by atoms with Gasteiger partial charge in [0.1, 0.15) is 5.67 Å². The minimum absolute atomic E-state index is 0.0819. The standard InChI is InChI=1S/C16H26F4/c1-12(2,3)15(17)9-11(15)8-13(4,5)10-14(6-7-14)16(18,19)20/h11H,6-10H2,1-5H3. The first-order chi connectivity index (χ1) is 8.73. The highest BCUT2D eigenvalue weighted by molar-refractivity contribution is 5.12. The summed E-state index contributed by atoms with van der Waals surface area (Å²) in [4.78, 5) is 0. The molecule has 20 heavy (non-hydrogen) atoms. The van der Waals surface area contributed by atoms with Gasteiger partial charge in [-0.2, -0.15) is 13.2 Å². The van der Waals surface area contributed by atoms with E-state index in [2.05, 4.69) is 0 Å². The molecule has 118 valence electrons. The average Bonchev–Trinajstić information content (AvgIpc) is 3.03. The minimum Gasteiger partial charge on any atom is -0.243 e. The Kier molecular flexibility index (Phi) is 3.33. The molecule has 0 saturated heterocycles. The zero-order valence-electron chi connectivity index (χ0n) is 13.1. The molecule has 2 unspecified atom stereocenters. The summed E-state index contributed by atoms with van der Waals surface area (Å²) in [6, 6.07) is 0. The second-order valence-corrected chi connectivity index (χ2v) is 8.84. The first-order valence-corrected chi connectivity index (χ1v) is 7.48.